The van der Waals surface area contributed by atoms with Crippen molar-refractivity contribution >= 4 is 5.91 Å². The van der Waals surface area contributed by atoms with Crippen LogP contribution in [0.2, 0.25) is 0 Å². The summed E-state index contributed by atoms with van der Waals surface area (Å²) in [5.74, 6) is -0.542. The topological polar surface area (TPSA) is 49.8 Å². The lowest BCUT2D eigenvalue weighted by molar-refractivity contribution is -0.0956. The normalized spacial score (nSPS) is 25.7. The maximum absolute atomic E-state index is 13.6. The summed E-state index contributed by atoms with van der Waals surface area (Å²) < 4.78 is 19.4. The highest BCUT2D eigenvalue weighted by molar-refractivity contribution is 5.95. The predicted molar refractivity (Wildman–Crippen MR) is 84.8 cm³/mol. The lowest BCUT2D eigenvalue weighted by atomic mass is 9.82. The van der Waals surface area contributed by atoms with E-state index in [2.05, 4.69) is 6.92 Å². The number of unbranched alkanes of at least 4 members (excludes halogenated alkanes) is 1. The van der Waals surface area contributed by atoms with Gasteiger partial charge in [-0.15, -0.1) is 0 Å². The van der Waals surface area contributed by atoms with Crippen molar-refractivity contribution in [3.05, 3.63) is 35.1 Å². The molecular weight excluding hydrogens is 297 g/mol. The summed E-state index contributed by atoms with van der Waals surface area (Å²) in [5.41, 5.74) is -0.286. The fourth-order valence-electron chi connectivity index (χ4n) is 3.56. The largest absolute Gasteiger partial charge is 0.387 e. The summed E-state index contributed by atoms with van der Waals surface area (Å²) in [6, 6.07) is 4.56. The summed E-state index contributed by atoms with van der Waals surface area (Å²) in [4.78, 5) is 14.1. The molecule has 1 unspecified atom stereocenters. The van der Waals surface area contributed by atoms with Crippen molar-refractivity contribution in [3.8, 4) is 0 Å². The van der Waals surface area contributed by atoms with Gasteiger partial charge in [-0.1, -0.05) is 25.8 Å². The Morgan fingerprint density at radius 2 is 2.17 bits per heavy atom. The highest BCUT2D eigenvalue weighted by Gasteiger charge is 2.55. The number of amides is 1. The number of carbonyl (C=O) groups excluding carboxylic acids is 1. The lowest BCUT2D eigenvalue weighted by Crippen LogP contribution is -2.63. The molecule has 0 aliphatic carbocycles. The van der Waals surface area contributed by atoms with Crippen LogP contribution in [-0.2, 0) is 4.74 Å². The van der Waals surface area contributed by atoms with Crippen LogP contribution in [0.5, 0.6) is 0 Å². The van der Waals surface area contributed by atoms with Crippen molar-refractivity contribution in [2.45, 2.75) is 50.7 Å². The summed E-state index contributed by atoms with van der Waals surface area (Å²) in [6.07, 6.45) is 3.33. The molecule has 23 heavy (non-hydrogen) atoms. The Bertz CT molecular complexity index is 612. The molecule has 1 spiro atoms. The van der Waals surface area contributed by atoms with E-state index >= 15 is 0 Å². The lowest BCUT2D eigenvalue weighted by Gasteiger charge is -2.47. The molecule has 1 aromatic carbocycles. The first-order valence-electron chi connectivity index (χ1n) is 8.28. The molecule has 0 aromatic heterocycles. The zero-order chi connectivity index (χ0) is 16.7. The Balaban J connectivity index is 1.60. The Kier molecular flexibility index (Phi) is 4.19. The van der Waals surface area contributed by atoms with E-state index in [9.17, 15) is 14.3 Å². The summed E-state index contributed by atoms with van der Waals surface area (Å²) in [6.45, 7) is 5.05. The van der Waals surface area contributed by atoms with Gasteiger partial charge in [0.2, 0.25) is 0 Å². The minimum atomic E-state index is -0.763. The highest BCUT2D eigenvalue weighted by Crippen LogP contribution is 2.42. The fraction of sp³-hybridized carbons (Fsp3) is 0.611. The number of nitrogens with zero attached hydrogens (tertiary/aromatic N) is 1. The van der Waals surface area contributed by atoms with Crippen LogP contribution in [0.1, 0.15) is 48.5 Å². The number of rotatable bonds is 4. The molecule has 2 heterocycles. The van der Waals surface area contributed by atoms with Gasteiger partial charge in [0, 0.05) is 12.0 Å². The number of hydrogen-bond donors (Lipinski definition) is 1. The summed E-state index contributed by atoms with van der Waals surface area (Å²) in [5, 5.41) is 10.6. The summed E-state index contributed by atoms with van der Waals surface area (Å²) >= 11 is 0. The highest BCUT2D eigenvalue weighted by atomic mass is 19.1. The van der Waals surface area contributed by atoms with Gasteiger partial charge in [0.05, 0.1) is 25.3 Å². The zero-order valence-electron chi connectivity index (χ0n) is 13.8. The van der Waals surface area contributed by atoms with Crippen molar-refractivity contribution in [3.63, 3.8) is 0 Å². The fourth-order valence-corrected chi connectivity index (χ4v) is 3.56. The van der Waals surface area contributed by atoms with Gasteiger partial charge in [-0.3, -0.25) is 4.79 Å². The van der Waals surface area contributed by atoms with Crippen LogP contribution in [-0.4, -0.2) is 46.8 Å². The molecule has 2 fully saturated rings. The number of aliphatic hydroxyl groups is 1. The number of ether oxygens (including phenoxy) is 1. The van der Waals surface area contributed by atoms with Crippen molar-refractivity contribution in [2.24, 2.45) is 0 Å². The number of halogens is 1. The van der Waals surface area contributed by atoms with E-state index in [1.807, 2.05) is 0 Å². The second-order valence-electron chi connectivity index (χ2n) is 7.10. The van der Waals surface area contributed by atoms with E-state index < -0.39 is 11.2 Å². The van der Waals surface area contributed by atoms with Gasteiger partial charge in [0.1, 0.15) is 11.4 Å². The van der Waals surface area contributed by atoms with E-state index in [0.29, 0.717) is 37.2 Å². The quantitative estimate of drug-likeness (QED) is 0.927. The minimum absolute atomic E-state index is 0.179. The maximum atomic E-state index is 13.6. The number of aryl methyl sites for hydroxylation is 1. The van der Waals surface area contributed by atoms with Crippen molar-refractivity contribution in [2.75, 3.05) is 19.7 Å². The monoisotopic (exact) mass is 321 g/mol. The van der Waals surface area contributed by atoms with Crippen molar-refractivity contribution in [1.82, 2.24) is 4.90 Å². The van der Waals surface area contributed by atoms with Gasteiger partial charge in [-0.05, 0) is 31.0 Å². The van der Waals surface area contributed by atoms with Crippen LogP contribution >= 0.6 is 0 Å². The van der Waals surface area contributed by atoms with Crippen LogP contribution < -0.4 is 0 Å². The Labute approximate surface area is 136 Å². The van der Waals surface area contributed by atoms with Gasteiger partial charge in [0.25, 0.3) is 5.91 Å². The number of likely N-dealkylation sites (tertiary alicyclic amines) is 1. The van der Waals surface area contributed by atoms with Gasteiger partial charge in [-0.25, -0.2) is 4.39 Å². The number of carbonyl (C=O) groups is 1. The minimum Gasteiger partial charge on any atom is -0.387 e. The molecular formula is C18H24FNO3. The average molecular weight is 321 g/mol. The third-order valence-corrected chi connectivity index (χ3v) is 4.96. The molecule has 5 heteroatoms. The molecule has 2 saturated heterocycles. The van der Waals surface area contributed by atoms with E-state index in [1.165, 1.54) is 6.07 Å². The molecule has 1 atom stereocenters. The van der Waals surface area contributed by atoms with E-state index in [-0.39, 0.29) is 11.7 Å². The molecule has 0 radical (unpaired) electrons. The van der Waals surface area contributed by atoms with E-state index in [1.54, 1.807) is 24.0 Å². The maximum Gasteiger partial charge on any atom is 0.254 e. The Morgan fingerprint density at radius 1 is 1.43 bits per heavy atom. The Hall–Kier alpha value is -1.46. The van der Waals surface area contributed by atoms with Gasteiger partial charge >= 0.3 is 0 Å². The van der Waals surface area contributed by atoms with Crippen molar-refractivity contribution in [1.29, 1.82) is 0 Å². The first-order valence-corrected chi connectivity index (χ1v) is 8.28. The number of hydrogen-bond acceptors (Lipinski definition) is 3. The predicted octanol–water partition coefficient (Wildman–Crippen LogP) is 2.67. The SMILES string of the molecule is CCCCC1(O)COC2(CN(C(=O)c3ccc(C)c(F)c3)C2)C1. The first kappa shape index (κ1) is 16.4. The molecule has 1 N–H and O–H groups in total. The zero-order valence-corrected chi connectivity index (χ0v) is 13.8. The third-order valence-electron chi connectivity index (χ3n) is 4.96. The standard InChI is InChI=1S/C18H24FNO3/c1-3-4-7-17(22)9-18(23-12-17)10-20(11-18)16(21)14-6-5-13(2)15(19)8-14/h5-6,8,22H,3-4,7,9-12H2,1-2H3. The molecule has 2 aliphatic rings. The smallest absolute Gasteiger partial charge is 0.254 e. The molecule has 2 aliphatic heterocycles. The molecule has 4 nitrogen and oxygen atoms in total. The first-order chi connectivity index (χ1) is 10.9. The molecule has 0 bridgehead atoms. The second-order valence-corrected chi connectivity index (χ2v) is 7.10. The number of benzene rings is 1. The summed E-state index contributed by atoms with van der Waals surface area (Å²) in [7, 11) is 0. The van der Waals surface area contributed by atoms with Crippen LogP contribution in [0.25, 0.3) is 0 Å². The molecule has 3 rings (SSSR count). The van der Waals surface area contributed by atoms with Crippen LogP contribution in [0, 0.1) is 12.7 Å². The van der Waals surface area contributed by atoms with Crippen LogP contribution in [0.15, 0.2) is 18.2 Å². The van der Waals surface area contributed by atoms with Gasteiger partial charge < -0.3 is 14.7 Å². The van der Waals surface area contributed by atoms with Crippen molar-refractivity contribution < 1.29 is 19.0 Å². The van der Waals surface area contributed by atoms with Gasteiger partial charge in [-0.2, -0.15) is 0 Å². The van der Waals surface area contributed by atoms with Crippen LogP contribution in [0.3, 0.4) is 0 Å². The molecule has 1 amide bonds. The third kappa shape index (κ3) is 3.12. The molecule has 1 aromatic rings. The van der Waals surface area contributed by atoms with Gasteiger partial charge in [0.15, 0.2) is 0 Å². The molecule has 0 saturated carbocycles. The average Bonchev–Trinajstić information content (AvgIpc) is 2.85. The van der Waals surface area contributed by atoms with Crippen LogP contribution in [0.4, 0.5) is 4.39 Å². The Morgan fingerprint density at radius 3 is 2.83 bits per heavy atom. The van der Waals surface area contributed by atoms with E-state index in [0.717, 1.165) is 19.3 Å². The van der Waals surface area contributed by atoms with E-state index in [4.69, 9.17) is 4.74 Å². The second kappa shape index (κ2) is 5.87. The molecule has 126 valence electrons.